The van der Waals surface area contributed by atoms with Crippen LogP contribution in [-0.4, -0.2) is 25.5 Å². The minimum atomic E-state index is -0.489. The summed E-state index contributed by atoms with van der Waals surface area (Å²) in [7, 11) is 1.69. The molecule has 0 aliphatic heterocycles. The molecule has 0 unspecified atom stereocenters. The van der Waals surface area contributed by atoms with Crippen LogP contribution in [0.15, 0.2) is 12.3 Å². The van der Waals surface area contributed by atoms with Gasteiger partial charge in [0.25, 0.3) is 5.91 Å². The molecular formula is C13H20N6O. The van der Waals surface area contributed by atoms with E-state index in [1.165, 1.54) is 4.68 Å². The average molecular weight is 276 g/mol. The Morgan fingerprint density at radius 1 is 1.45 bits per heavy atom. The van der Waals surface area contributed by atoms with Crippen LogP contribution in [0.25, 0.3) is 0 Å². The van der Waals surface area contributed by atoms with E-state index in [0.717, 1.165) is 11.3 Å². The van der Waals surface area contributed by atoms with Gasteiger partial charge in [0.15, 0.2) is 0 Å². The van der Waals surface area contributed by atoms with Crippen molar-refractivity contribution in [3.05, 3.63) is 29.2 Å². The van der Waals surface area contributed by atoms with Crippen molar-refractivity contribution in [2.45, 2.75) is 33.4 Å². The summed E-state index contributed by atoms with van der Waals surface area (Å²) >= 11 is 0. The first kappa shape index (κ1) is 14.1. The third-order valence-electron chi connectivity index (χ3n) is 3.14. The van der Waals surface area contributed by atoms with Crippen molar-refractivity contribution in [2.24, 2.45) is 12.8 Å². The standard InChI is InChI=1S/C13H20N6O/c1-8(2)19-7-10(9(3)16-19)6-15-12-5-11(13(14)20)18(4)17-12/h5,7-8H,6H2,1-4H3,(H2,14,20)(H,15,17). The Morgan fingerprint density at radius 2 is 2.15 bits per heavy atom. The second-order valence-electron chi connectivity index (χ2n) is 5.07. The number of carbonyl (C=O) groups is 1. The molecule has 0 saturated carbocycles. The molecule has 0 aliphatic rings. The Labute approximate surface area is 117 Å². The quantitative estimate of drug-likeness (QED) is 0.859. The molecule has 2 aromatic rings. The molecule has 0 aliphatic carbocycles. The number of nitrogens with two attached hydrogens (primary N) is 1. The summed E-state index contributed by atoms with van der Waals surface area (Å²) < 4.78 is 3.40. The van der Waals surface area contributed by atoms with Gasteiger partial charge >= 0.3 is 0 Å². The Balaban J connectivity index is 2.09. The smallest absolute Gasteiger partial charge is 0.267 e. The van der Waals surface area contributed by atoms with Gasteiger partial charge in [-0.2, -0.15) is 10.2 Å². The third kappa shape index (κ3) is 2.81. The maximum atomic E-state index is 11.2. The van der Waals surface area contributed by atoms with Gasteiger partial charge in [0.2, 0.25) is 0 Å². The van der Waals surface area contributed by atoms with Crippen LogP contribution in [0.2, 0.25) is 0 Å². The van der Waals surface area contributed by atoms with Crippen LogP contribution in [0.4, 0.5) is 5.82 Å². The molecule has 0 saturated heterocycles. The van der Waals surface area contributed by atoms with Crippen LogP contribution >= 0.6 is 0 Å². The van der Waals surface area contributed by atoms with E-state index in [4.69, 9.17) is 5.73 Å². The molecule has 20 heavy (non-hydrogen) atoms. The first-order valence-electron chi connectivity index (χ1n) is 6.51. The van der Waals surface area contributed by atoms with E-state index < -0.39 is 5.91 Å². The van der Waals surface area contributed by atoms with Crippen molar-refractivity contribution in [3.8, 4) is 0 Å². The molecule has 0 fully saturated rings. The van der Waals surface area contributed by atoms with E-state index >= 15 is 0 Å². The second kappa shape index (κ2) is 5.36. The lowest BCUT2D eigenvalue weighted by atomic mass is 10.2. The van der Waals surface area contributed by atoms with Crippen molar-refractivity contribution in [1.82, 2.24) is 19.6 Å². The largest absolute Gasteiger partial charge is 0.364 e. The zero-order valence-corrected chi connectivity index (χ0v) is 12.2. The summed E-state index contributed by atoms with van der Waals surface area (Å²) in [5.74, 6) is 0.134. The van der Waals surface area contributed by atoms with E-state index in [2.05, 4.69) is 29.4 Å². The molecular weight excluding hydrogens is 256 g/mol. The van der Waals surface area contributed by atoms with Crippen LogP contribution in [0.1, 0.15) is 41.6 Å². The Morgan fingerprint density at radius 3 is 2.65 bits per heavy atom. The number of carbonyl (C=O) groups excluding carboxylic acids is 1. The van der Waals surface area contributed by atoms with E-state index in [1.807, 2.05) is 17.8 Å². The fraction of sp³-hybridized carbons (Fsp3) is 0.462. The van der Waals surface area contributed by atoms with Crippen molar-refractivity contribution < 1.29 is 4.79 Å². The molecule has 1 amide bonds. The van der Waals surface area contributed by atoms with Crippen LogP contribution in [0.3, 0.4) is 0 Å². The zero-order chi connectivity index (χ0) is 14.9. The number of nitrogens with zero attached hydrogens (tertiary/aromatic N) is 4. The SMILES string of the molecule is Cc1nn(C(C)C)cc1CNc1cc(C(N)=O)n(C)n1. The van der Waals surface area contributed by atoms with Gasteiger partial charge in [0, 0.05) is 37.5 Å². The van der Waals surface area contributed by atoms with Crippen LogP contribution in [0.5, 0.6) is 0 Å². The van der Waals surface area contributed by atoms with E-state index in [-0.39, 0.29) is 0 Å². The lowest BCUT2D eigenvalue weighted by molar-refractivity contribution is 0.0991. The van der Waals surface area contributed by atoms with Crippen molar-refractivity contribution in [2.75, 3.05) is 5.32 Å². The Hall–Kier alpha value is -2.31. The lowest BCUT2D eigenvalue weighted by Crippen LogP contribution is -2.15. The van der Waals surface area contributed by atoms with Crippen molar-refractivity contribution in [3.63, 3.8) is 0 Å². The molecule has 0 atom stereocenters. The number of nitrogens with one attached hydrogen (secondary N) is 1. The number of aromatic nitrogens is 4. The Kier molecular flexibility index (Phi) is 3.78. The molecule has 7 nitrogen and oxygen atoms in total. The molecule has 0 bridgehead atoms. The highest BCUT2D eigenvalue weighted by Crippen LogP contribution is 2.13. The number of amides is 1. The molecule has 0 radical (unpaired) electrons. The monoisotopic (exact) mass is 276 g/mol. The number of primary amides is 1. The molecule has 0 aromatic carbocycles. The van der Waals surface area contributed by atoms with E-state index in [0.29, 0.717) is 24.1 Å². The Bertz CT molecular complexity index is 625. The maximum Gasteiger partial charge on any atom is 0.267 e. The predicted molar refractivity (Wildman–Crippen MR) is 76.4 cm³/mol. The van der Waals surface area contributed by atoms with Gasteiger partial charge < -0.3 is 11.1 Å². The zero-order valence-electron chi connectivity index (χ0n) is 12.2. The highest BCUT2D eigenvalue weighted by molar-refractivity contribution is 5.91. The average Bonchev–Trinajstić information content (AvgIpc) is 2.90. The number of rotatable bonds is 5. The summed E-state index contributed by atoms with van der Waals surface area (Å²) in [6, 6.07) is 1.98. The number of hydrogen-bond donors (Lipinski definition) is 2. The molecule has 0 spiro atoms. The molecule has 7 heteroatoms. The van der Waals surface area contributed by atoms with Gasteiger partial charge in [-0.3, -0.25) is 14.2 Å². The van der Waals surface area contributed by atoms with Crippen LogP contribution in [-0.2, 0) is 13.6 Å². The minimum Gasteiger partial charge on any atom is -0.364 e. The van der Waals surface area contributed by atoms with Gasteiger partial charge in [0.1, 0.15) is 11.5 Å². The van der Waals surface area contributed by atoms with E-state index in [1.54, 1.807) is 13.1 Å². The fourth-order valence-electron chi connectivity index (χ4n) is 1.93. The molecule has 2 rings (SSSR count). The van der Waals surface area contributed by atoms with Gasteiger partial charge in [0.05, 0.1) is 5.69 Å². The first-order chi connectivity index (χ1) is 9.38. The van der Waals surface area contributed by atoms with Crippen molar-refractivity contribution in [1.29, 1.82) is 0 Å². The number of aryl methyl sites for hydroxylation is 2. The van der Waals surface area contributed by atoms with Gasteiger partial charge in [-0.1, -0.05) is 0 Å². The first-order valence-corrected chi connectivity index (χ1v) is 6.51. The lowest BCUT2D eigenvalue weighted by Gasteiger charge is -2.03. The molecule has 2 aromatic heterocycles. The number of anilines is 1. The minimum absolute atomic E-state index is 0.332. The second-order valence-corrected chi connectivity index (χ2v) is 5.07. The summed E-state index contributed by atoms with van der Waals surface area (Å²) in [5, 5.41) is 11.8. The summed E-state index contributed by atoms with van der Waals surface area (Å²) in [4.78, 5) is 11.2. The summed E-state index contributed by atoms with van der Waals surface area (Å²) in [6.45, 7) is 6.75. The van der Waals surface area contributed by atoms with Gasteiger partial charge in [-0.15, -0.1) is 0 Å². The highest BCUT2D eigenvalue weighted by Gasteiger charge is 2.11. The summed E-state index contributed by atoms with van der Waals surface area (Å²) in [6.07, 6.45) is 2.02. The molecule has 108 valence electrons. The third-order valence-corrected chi connectivity index (χ3v) is 3.14. The highest BCUT2D eigenvalue weighted by atomic mass is 16.1. The molecule has 3 N–H and O–H groups in total. The summed E-state index contributed by atoms with van der Waals surface area (Å²) in [5.41, 5.74) is 7.72. The van der Waals surface area contributed by atoms with Gasteiger partial charge in [-0.25, -0.2) is 0 Å². The van der Waals surface area contributed by atoms with Crippen LogP contribution < -0.4 is 11.1 Å². The fourth-order valence-corrected chi connectivity index (χ4v) is 1.93. The molecule has 2 heterocycles. The van der Waals surface area contributed by atoms with Crippen molar-refractivity contribution >= 4 is 11.7 Å². The van der Waals surface area contributed by atoms with Crippen LogP contribution in [0, 0.1) is 6.92 Å². The number of hydrogen-bond acceptors (Lipinski definition) is 4. The van der Waals surface area contributed by atoms with E-state index in [9.17, 15) is 4.79 Å². The topological polar surface area (TPSA) is 90.8 Å². The predicted octanol–water partition coefficient (Wildman–Crippen LogP) is 1.22. The normalized spacial score (nSPS) is 11.1. The van der Waals surface area contributed by atoms with Gasteiger partial charge in [-0.05, 0) is 20.8 Å². The maximum absolute atomic E-state index is 11.2.